The first-order chi connectivity index (χ1) is 9.26. The Bertz CT molecular complexity index is 234. The second kappa shape index (κ2) is 10.1. The van der Waals surface area contributed by atoms with Gasteiger partial charge in [0, 0.05) is 5.25 Å². The molecule has 0 N–H and O–H groups in total. The van der Waals surface area contributed by atoms with Crippen LogP contribution < -0.4 is 0 Å². The Hall–Kier alpha value is 0.350. The third-order valence-electron chi connectivity index (χ3n) is 4.73. The molecule has 0 aromatic carbocycles. The van der Waals surface area contributed by atoms with Crippen LogP contribution in [0.15, 0.2) is 0 Å². The van der Waals surface area contributed by atoms with Crippen LogP contribution in [0.3, 0.4) is 0 Å². The SMILES string of the molecule is CCCCCC(C)(CC(C)C)C(CC(C)C)C(S)CC. The average Bonchev–Trinajstić information content (AvgIpc) is 2.34. The molecule has 3 unspecified atom stereocenters. The number of rotatable bonds is 11. The van der Waals surface area contributed by atoms with Gasteiger partial charge >= 0.3 is 0 Å². The zero-order valence-electron chi connectivity index (χ0n) is 15.2. The van der Waals surface area contributed by atoms with E-state index in [1.54, 1.807) is 0 Å². The molecule has 0 fully saturated rings. The standard InChI is InChI=1S/C19H40S/c1-8-10-11-12-19(7,14-16(5)6)17(13-15(3)4)18(20)9-2/h15-18,20H,8-14H2,1-7H3. The summed E-state index contributed by atoms with van der Waals surface area (Å²) < 4.78 is 0. The molecule has 0 radical (unpaired) electrons. The first kappa shape index (κ1) is 20.3. The summed E-state index contributed by atoms with van der Waals surface area (Å²) in [7, 11) is 0. The molecule has 122 valence electrons. The van der Waals surface area contributed by atoms with Gasteiger partial charge in [-0.05, 0) is 48.9 Å². The van der Waals surface area contributed by atoms with E-state index in [1.165, 1.54) is 44.9 Å². The van der Waals surface area contributed by atoms with Crippen molar-refractivity contribution in [2.45, 2.75) is 98.7 Å². The smallest absolute Gasteiger partial charge is 0.00477 e. The van der Waals surface area contributed by atoms with Gasteiger partial charge in [0.1, 0.15) is 0 Å². The van der Waals surface area contributed by atoms with E-state index >= 15 is 0 Å². The lowest BCUT2D eigenvalue weighted by Gasteiger charge is -2.43. The minimum absolute atomic E-state index is 0.468. The molecule has 0 saturated heterocycles. The lowest BCUT2D eigenvalue weighted by Crippen LogP contribution is -2.36. The van der Waals surface area contributed by atoms with Crippen LogP contribution in [0.25, 0.3) is 0 Å². The molecule has 0 amide bonds. The predicted molar refractivity (Wildman–Crippen MR) is 97.7 cm³/mol. The van der Waals surface area contributed by atoms with Gasteiger partial charge in [-0.2, -0.15) is 12.6 Å². The highest BCUT2D eigenvalue weighted by atomic mass is 32.1. The fourth-order valence-electron chi connectivity index (χ4n) is 3.85. The molecule has 0 aromatic heterocycles. The Labute approximate surface area is 134 Å². The maximum absolute atomic E-state index is 4.96. The number of unbranched alkanes of at least 4 members (excludes halogenated alkanes) is 2. The topological polar surface area (TPSA) is 0 Å². The quantitative estimate of drug-likeness (QED) is 0.308. The second-order valence-electron chi connectivity index (χ2n) is 7.92. The zero-order valence-corrected chi connectivity index (χ0v) is 16.1. The van der Waals surface area contributed by atoms with Gasteiger partial charge in [0.05, 0.1) is 0 Å². The minimum Gasteiger partial charge on any atom is -0.176 e. The molecular formula is C19H40S. The van der Waals surface area contributed by atoms with E-state index in [0.717, 1.165) is 17.8 Å². The normalized spacial score (nSPS) is 18.3. The molecule has 0 aliphatic rings. The van der Waals surface area contributed by atoms with Crippen LogP contribution in [0, 0.1) is 23.2 Å². The molecule has 0 aliphatic carbocycles. The minimum atomic E-state index is 0.468. The van der Waals surface area contributed by atoms with Crippen molar-refractivity contribution in [2.75, 3.05) is 0 Å². The molecule has 0 aliphatic heterocycles. The molecule has 3 atom stereocenters. The highest BCUT2D eigenvalue weighted by molar-refractivity contribution is 7.81. The summed E-state index contributed by atoms with van der Waals surface area (Å²) in [5.41, 5.74) is 0.468. The summed E-state index contributed by atoms with van der Waals surface area (Å²) in [6, 6.07) is 0. The molecule has 0 heterocycles. The summed E-state index contributed by atoms with van der Waals surface area (Å²) in [5.74, 6) is 2.32. The zero-order chi connectivity index (χ0) is 15.8. The van der Waals surface area contributed by atoms with Crippen molar-refractivity contribution >= 4 is 12.6 Å². The van der Waals surface area contributed by atoms with Crippen LogP contribution in [-0.4, -0.2) is 5.25 Å². The van der Waals surface area contributed by atoms with Crippen molar-refractivity contribution in [3.63, 3.8) is 0 Å². The first-order valence-corrected chi connectivity index (χ1v) is 9.46. The van der Waals surface area contributed by atoms with Crippen molar-refractivity contribution in [3.05, 3.63) is 0 Å². The van der Waals surface area contributed by atoms with Crippen LogP contribution in [0.5, 0.6) is 0 Å². The molecule has 0 rings (SSSR count). The maximum Gasteiger partial charge on any atom is 0.00477 e. The Morgan fingerprint density at radius 2 is 1.55 bits per heavy atom. The summed E-state index contributed by atoms with van der Waals surface area (Å²) in [6.07, 6.45) is 9.35. The van der Waals surface area contributed by atoms with E-state index < -0.39 is 0 Å². The highest BCUT2D eigenvalue weighted by Gasteiger charge is 2.37. The summed E-state index contributed by atoms with van der Waals surface area (Å²) in [5, 5.41) is 0.558. The van der Waals surface area contributed by atoms with Crippen molar-refractivity contribution in [1.82, 2.24) is 0 Å². The molecule has 1 heteroatoms. The molecule has 0 bridgehead atoms. The monoisotopic (exact) mass is 300 g/mol. The van der Waals surface area contributed by atoms with Crippen LogP contribution >= 0.6 is 12.6 Å². The molecule has 0 nitrogen and oxygen atoms in total. The molecule has 20 heavy (non-hydrogen) atoms. The Morgan fingerprint density at radius 3 is 1.95 bits per heavy atom. The molecular weight excluding hydrogens is 260 g/mol. The number of hydrogen-bond acceptors (Lipinski definition) is 1. The first-order valence-electron chi connectivity index (χ1n) is 8.94. The van der Waals surface area contributed by atoms with Crippen molar-refractivity contribution in [1.29, 1.82) is 0 Å². The van der Waals surface area contributed by atoms with Gasteiger partial charge in [0.25, 0.3) is 0 Å². The largest absolute Gasteiger partial charge is 0.176 e. The summed E-state index contributed by atoms with van der Waals surface area (Å²) >= 11 is 4.96. The summed E-state index contributed by atoms with van der Waals surface area (Å²) in [6.45, 7) is 16.6. The van der Waals surface area contributed by atoms with Crippen LogP contribution in [0.4, 0.5) is 0 Å². The van der Waals surface area contributed by atoms with Crippen molar-refractivity contribution < 1.29 is 0 Å². The predicted octanol–water partition coefficient (Wildman–Crippen LogP) is 6.99. The van der Waals surface area contributed by atoms with Crippen LogP contribution in [0.2, 0.25) is 0 Å². The van der Waals surface area contributed by atoms with E-state index in [0.29, 0.717) is 10.7 Å². The Kier molecular flexibility index (Phi) is 10.3. The van der Waals surface area contributed by atoms with Crippen LogP contribution in [-0.2, 0) is 0 Å². The van der Waals surface area contributed by atoms with Gasteiger partial charge in [0.2, 0.25) is 0 Å². The van der Waals surface area contributed by atoms with Crippen molar-refractivity contribution in [2.24, 2.45) is 23.2 Å². The van der Waals surface area contributed by atoms with E-state index in [-0.39, 0.29) is 0 Å². The van der Waals surface area contributed by atoms with Crippen molar-refractivity contribution in [3.8, 4) is 0 Å². The number of thiol groups is 1. The lowest BCUT2D eigenvalue weighted by atomic mass is 9.64. The van der Waals surface area contributed by atoms with Gasteiger partial charge in [0.15, 0.2) is 0 Å². The molecule has 0 spiro atoms. The van der Waals surface area contributed by atoms with Gasteiger partial charge in [-0.25, -0.2) is 0 Å². The van der Waals surface area contributed by atoms with Gasteiger partial charge in [-0.3, -0.25) is 0 Å². The maximum atomic E-state index is 4.96. The molecule has 0 saturated carbocycles. The number of hydrogen-bond donors (Lipinski definition) is 1. The Balaban J connectivity index is 5.05. The highest BCUT2D eigenvalue weighted by Crippen LogP contribution is 2.46. The van der Waals surface area contributed by atoms with E-state index in [1.807, 2.05) is 0 Å². The fourth-order valence-corrected chi connectivity index (χ4v) is 4.33. The summed E-state index contributed by atoms with van der Waals surface area (Å²) in [4.78, 5) is 0. The van der Waals surface area contributed by atoms with E-state index in [2.05, 4.69) is 48.5 Å². The molecule has 0 aromatic rings. The average molecular weight is 301 g/mol. The van der Waals surface area contributed by atoms with E-state index in [9.17, 15) is 0 Å². The third-order valence-corrected chi connectivity index (χ3v) is 5.45. The van der Waals surface area contributed by atoms with Gasteiger partial charge in [-0.15, -0.1) is 0 Å². The third kappa shape index (κ3) is 7.38. The lowest BCUT2D eigenvalue weighted by molar-refractivity contribution is 0.104. The second-order valence-corrected chi connectivity index (χ2v) is 8.58. The van der Waals surface area contributed by atoms with Gasteiger partial charge < -0.3 is 0 Å². The van der Waals surface area contributed by atoms with E-state index in [4.69, 9.17) is 12.6 Å². The van der Waals surface area contributed by atoms with Crippen LogP contribution in [0.1, 0.15) is 93.4 Å². The fraction of sp³-hybridized carbons (Fsp3) is 1.00. The van der Waals surface area contributed by atoms with Gasteiger partial charge in [-0.1, -0.05) is 67.7 Å². The Morgan fingerprint density at radius 1 is 0.950 bits per heavy atom.